The molecule has 1 aliphatic rings. The van der Waals surface area contributed by atoms with Crippen molar-refractivity contribution in [2.75, 3.05) is 6.54 Å². The van der Waals surface area contributed by atoms with E-state index in [-0.39, 0.29) is 11.9 Å². The van der Waals surface area contributed by atoms with E-state index in [1.807, 2.05) is 12.1 Å². The number of nitrogens with one attached hydrogen (secondary N) is 2. The van der Waals surface area contributed by atoms with Crippen molar-refractivity contribution in [3.8, 4) is 0 Å². The van der Waals surface area contributed by atoms with Crippen molar-refractivity contribution in [2.24, 2.45) is 0 Å². The molecule has 0 saturated carbocycles. The Bertz CT molecular complexity index is 370. The number of hydrogen-bond donors (Lipinski definition) is 2. The number of benzene rings is 1. The van der Waals surface area contributed by atoms with Gasteiger partial charge in [0.15, 0.2) is 0 Å². The maximum Gasteiger partial charge on any atom is 0.237 e. The van der Waals surface area contributed by atoms with E-state index in [2.05, 4.69) is 29.7 Å². The van der Waals surface area contributed by atoms with Crippen molar-refractivity contribution in [3.63, 3.8) is 0 Å². The number of aryl methyl sites for hydroxylation is 1. The molecule has 0 bridgehead atoms. The molecule has 1 fully saturated rings. The van der Waals surface area contributed by atoms with Crippen LogP contribution in [0.1, 0.15) is 24.0 Å². The lowest BCUT2D eigenvalue weighted by atomic mass is 10.1. The first-order valence-electron chi connectivity index (χ1n) is 5.82. The first-order chi connectivity index (χ1) is 7.75. The predicted molar refractivity (Wildman–Crippen MR) is 64.1 cm³/mol. The summed E-state index contributed by atoms with van der Waals surface area (Å²) in [5.41, 5.74) is 2.39. The fourth-order valence-corrected chi connectivity index (χ4v) is 2.04. The van der Waals surface area contributed by atoms with Crippen molar-refractivity contribution in [2.45, 2.75) is 32.4 Å². The van der Waals surface area contributed by atoms with Gasteiger partial charge in [0, 0.05) is 6.54 Å². The Morgan fingerprint density at radius 2 is 2.44 bits per heavy atom. The Morgan fingerprint density at radius 3 is 3.12 bits per heavy atom. The van der Waals surface area contributed by atoms with Gasteiger partial charge >= 0.3 is 0 Å². The smallest absolute Gasteiger partial charge is 0.237 e. The molecule has 3 nitrogen and oxygen atoms in total. The Balaban J connectivity index is 1.84. The largest absolute Gasteiger partial charge is 0.351 e. The van der Waals surface area contributed by atoms with Crippen LogP contribution >= 0.6 is 0 Å². The van der Waals surface area contributed by atoms with Crippen LogP contribution in [0.5, 0.6) is 0 Å². The predicted octanol–water partition coefficient (Wildman–Crippen LogP) is 1.36. The first kappa shape index (κ1) is 11.1. The van der Waals surface area contributed by atoms with Crippen molar-refractivity contribution in [1.29, 1.82) is 0 Å². The molecule has 1 aliphatic heterocycles. The molecule has 1 saturated heterocycles. The Labute approximate surface area is 96.2 Å². The lowest BCUT2D eigenvalue weighted by molar-refractivity contribution is -0.122. The molecule has 1 heterocycles. The van der Waals surface area contributed by atoms with Crippen LogP contribution in [0.25, 0.3) is 0 Å². The second-order valence-corrected chi connectivity index (χ2v) is 4.36. The molecule has 1 amide bonds. The van der Waals surface area contributed by atoms with E-state index in [0.29, 0.717) is 6.54 Å². The van der Waals surface area contributed by atoms with E-state index in [1.165, 1.54) is 5.56 Å². The van der Waals surface area contributed by atoms with Crippen LogP contribution in [0, 0.1) is 6.92 Å². The van der Waals surface area contributed by atoms with Crippen LogP contribution in [0.2, 0.25) is 0 Å². The van der Waals surface area contributed by atoms with E-state index in [1.54, 1.807) is 0 Å². The monoisotopic (exact) mass is 218 g/mol. The minimum atomic E-state index is 0.0183. The topological polar surface area (TPSA) is 41.1 Å². The first-order valence-corrected chi connectivity index (χ1v) is 5.82. The summed E-state index contributed by atoms with van der Waals surface area (Å²) in [4.78, 5) is 11.7. The van der Waals surface area contributed by atoms with Gasteiger partial charge in [-0.1, -0.05) is 29.8 Å². The minimum absolute atomic E-state index is 0.0183. The van der Waals surface area contributed by atoms with Crippen molar-refractivity contribution >= 4 is 5.91 Å². The molecule has 86 valence electrons. The molecule has 0 aliphatic carbocycles. The van der Waals surface area contributed by atoms with Gasteiger partial charge in [-0.2, -0.15) is 0 Å². The van der Waals surface area contributed by atoms with Crippen LogP contribution in [-0.4, -0.2) is 18.5 Å². The molecule has 2 rings (SSSR count). The third-order valence-corrected chi connectivity index (χ3v) is 2.93. The maximum absolute atomic E-state index is 11.7. The fourth-order valence-electron chi connectivity index (χ4n) is 2.04. The van der Waals surface area contributed by atoms with Crippen LogP contribution in [-0.2, 0) is 11.3 Å². The lowest BCUT2D eigenvalue weighted by Crippen LogP contribution is -2.39. The third-order valence-electron chi connectivity index (χ3n) is 2.93. The zero-order valence-corrected chi connectivity index (χ0v) is 9.62. The van der Waals surface area contributed by atoms with E-state index >= 15 is 0 Å². The Hall–Kier alpha value is -1.35. The highest BCUT2D eigenvalue weighted by atomic mass is 16.2. The summed E-state index contributed by atoms with van der Waals surface area (Å²) >= 11 is 0. The molecule has 16 heavy (non-hydrogen) atoms. The molecule has 3 heteroatoms. The molecule has 0 spiro atoms. The highest BCUT2D eigenvalue weighted by Crippen LogP contribution is 2.06. The van der Waals surface area contributed by atoms with E-state index in [0.717, 1.165) is 24.9 Å². The van der Waals surface area contributed by atoms with Crippen LogP contribution in [0.3, 0.4) is 0 Å². The number of carbonyl (C=O) groups is 1. The van der Waals surface area contributed by atoms with Gasteiger partial charge in [0.1, 0.15) is 0 Å². The van der Waals surface area contributed by atoms with Crippen molar-refractivity contribution in [3.05, 3.63) is 35.4 Å². The SMILES string of the molecule is Cc1cccc(CNC(=O)[C@H]2CCCN2)c1. The molecule has 1 atom stereocenters. The summed E-state index contributed by atoms with van der Waals surface area (Å²) in [6, 6.07) is 8.23. The molecular weight excluding hydrogens is 200 g/mol. The summed E-state index contributed by atoms with van der Waals surface area (Å²) in [7, 11) is 0. The van der Waals surface area contributed by atoms with Gasteiger partial charge in [-0.05, 0) is 31.9 Å². The summed E-state index contributed by atoms with van der Waals surface area (Å²) in [6.45, 7) is 3.64. The summed E-state index contributed by atoms with van der Waals surface area (Å²) < 4.78 is 0. The zero-order chi connectivity index (χ0) is 11.4. The molecule has 0 unspecified atom stereocenters. The van der Waals surface area contributed by atoms with Crippen LogP contribution < -0.4 is 10.6 Å². The van der Waals surface area contributed by atoms with Crippen LogP contribution in [0.15, 0.2) is 24.3 Å². The molecular formula is C13H18N2O. The van der Waals surface area contributed by atoms with Crippen molar-refractivity contribution in [1.82, 2.24) is 10.6 Å². The Morgan fingerprint density at radius 1 is 1.56 bits per heavy atom. The summed E-state index contributed by atoms with van der Waals surface area (Å²) in [5, 5.41) is 6.16. The summed E-state index contributed by atoms with van der Waals surface area (Å²) in [5.74, 6) is 0.124. The number of carbonyl (C=O) groups excluding carboxylic acids is 1. The Kier molecular flexibility index (Phi) is 3.57. The van der Waals surface area contributed by atoms with Gasteiger partial charge in [0.25, 0.3) is 0 Å². The van der Waals surface area contributed by atoms with Crippen molar-refractivity contribution < 1.29 is 4.79 Å². The average molecular weight is 218 g/mol. The number of rotatable bonds is 3. The highest BCUT2D eigenvalue weighted by molar-refractivity contribution is 5.81. The zero-order valence-electron chi connectivity index (χ0n) is 9.62. The molecule has 0 radical (unpaired) electrons. The van der Waals surface area contributed by atoms with Gasteiger partial charge < -0.3 is 10.6 Å². The van der Waals surface area contributed by atoms with E-state index in [4.69, 9.17) is 0 Å². The molecule has 1 aromatic rings. The van der Waals surface area contributed by atoms with Gasteiger partial charge in [0.2, 0.25) is 5.91 Å². The molecule has 2 N–H and O–H groups in total. The summed E-state index contributed by atoms with van der Waals surface area (Å²) in [6.07, 6.45) is 2.06. The van der Waals surface area contributed by atoms with E-state index < -0.39 is 0 Å². The highest BCUT2D eigenvalue weighted by Gasteiger charge is 2.21. The normalized spacial score (nSPS) is 19.7. The van der Waals surface area contributed by atoms with Gasteiger partial charge in [0.05, 0.1) is 6.04 Å². The maximum atomic E-state index is 11.7. The second kappa shape index (κ2) is 5.12. The van der Waals surface area contributed by atoms with Gasteiger partial charge in [-0.3, -0.25) is 4.79 Å². The average Bonchev–Trinajstić information content (AvgIpc) is 2.79. The number of hydrogen-bond acceptors (Lipinski definition) is 2. The standard InChI is InChI=1S/C13H18N2O/c1-10-4-2-5-11(8-10)9-15-13(16)12-6-3-7-14-12/h2,4-5,8,12,14H,3,6-7,9H2,1H3,(H,15,16)/t12-/m1/s1. The van der Waals surface area contributed by atoms with Gasteiger partial charge in [-0.15, -0.1) is 0 Å². The van der Waals surface area contributed by atoms with Crippen LogP contribution in [0.4, 0.5) is 0 Å². The molecule has 0 aromatic heterocycles. The molecule has 1 aromatic carbocycles. The van der Waals surface area contributed by atoms with E-state index in [9.17, 15) is 4.79 Å². The lowest BCUT2D eigenvalue weighted by Gasteiger charge is -2.11. The fraction of sp³-hybridized carbons (Fsp3) is 0.462. The quantitative estimate of drug-likeness (QED) is 0.804. The van der Waals surface area contributed by atoms with Gasteiger partial charge in [-0.25, -0.2) is 0 Å². The minimum Gasteiger partial charge on any atom is -0.351 e. The number of amides is 1. The second-order valence-electron chi connectivity index (χ2n) is 4.36. The third kappa shape index (κ3) is 2.83.